The molecule has 5 rings (SSSR count). The molecule has 0 aliphatic carbocycles. The summed E-state index contributed by atoms with van der Waals surface area (Å²) in [6, 6.07) is 24.3. The number of aromatic nitrogens is 4. The van der Waals surface area contributed by atoms with Crippen molar-refractivity contribution >= 4 is 11.9 Å². The Morgan fingerprint density at radius 3 is 2.33 bits per heavy atom. The molecule has 9 nitrogen and oxygen atoms in total. The number of methoxy groups -OCH3 is 1. The minimum atomic E-state index is -0.614. The van der Waals surface area contributed by atoms with Gasteiger partial charge in [0.2, 0.25) is 5.95 Å². The molecular weight excluding hydrogens is 458 g/mol. The summed E-state index contributed by atoms with van der Waals surface area (Å²) in [4.78, 5) is 13.3. The first-order valence-corrected chi connectivity index (χ1v) is 11.5. The molecule has 1 atom stereocenters. The van der Waals surface area contributed by atoms with Crippen LogP contribution in [0.2, 0.25) is 0 Å². The Labute approximate surface area is 208 Å². The van der Waals surface area contributed by atoms with Gasteiger partial charge in [-0.05, 0) is 46.2 Å². The second-order valence-corrected chi connectivity index (χ2v) is 8.26. The standard InChI is InChI=1S/C27H25N5O4/c1-18-24(26(33)36-17-20-11-7-4-8-12-20)25(32-27(28-18)29-30-31-32)21-13-14-22(23(15-21)34-2)35-16-19-9-5-3-6-10-19/h3-15,25H,16-17H2,1-2H3,(H,28,29,31). The predicted octanol–water partition coefficient (Wildman–Crippen LogP) is 4.29. The van der Waals surface area contributed by atoms with Gasteiger partial charge in [0.05, 0.1) is 12.7 Å². The Bertz CT molecular complexity index is 1390. The molecule has 36 heavy (non-hydrogen) atoms. The van der Waals surface area contributed by atoms with Gasteiger partial charge < -0.3 is 19.5 Å². The normalized spacial score (nSPS) is 14.6. The lowest BCUT2D eigenvalue weighted by Gasteiger charge is -2.28. The van der Waals surface area contributed by atoms with E-state index in [-0.39, 0.29) is 6.61 Å². The van der Waals surface area contributed by atoms with Crippen LogP contribution in [-0.2, 0) is 22.7 Å². The lowest BCUT2D eigenvalue weighted by atomic mass is 9.95. The molecule has 0 radical (unpaired) electrons. The Kier molecular flexibility index (Phi) is 6.61. The number of nitrogens with zero attached hydrogens (tertiary/aromatic N) is 4. The minimum Gasteiger partial charge on any atom is -0.493 e. The zero-order valence-corrected chi connectivity index (χ0v) is 19.9. The van der Waals surface area contributed by atoms with Crippen molar-refractivity contribution in [3.63, 3.8) is 0 Å². The number of esters is 1. The molecule has 1 unspecified atom stereocenters. The van der Waals surface area contributed by atoms with Crippen molar-refractivity contribution in [1.29, 1.82) is 0 Å². The molecule has 0 saturated heterocycles. The van der Waals surface area contributed by atoms with E-state index in [1.54, 1.807) is 18.7 Å². The molecule has 182 valence electrons. The van der Waals surface area contributed by atoms with E-state index < -0.39 is 12.0 Å². The summed E-state index contributed by atoms with van der Waals surface area (Å²) in [5.74, 6) is 1.09. The van der Waals surface area contributed by atoms with Crippen LogP contribution in [0, 0.1) is 0 Å². The molecule has 1 N–H and O–H groups in total. The van der Waals surface area contributed by atoms with Gasteiger partial charge in [-0.15, -0.1) is 0 Å². The van der Waals surface area contributed by atoms with Gasteiger partial charge >= 0.3 is 5.97 Å². The number of hydrogen-bond acceptors (Lipinski definition) is 8. The van der Waals surface area contributed by atoms with Crippen molar-refractivity contribution in [2.24, 2.45) is 0 Å². The topological polar surface area (TPSA) is 100 Å². The van der Waals surface area contributed by atoms with Gasteiger partial charge in [0, 0.05) is 5.70 Å². The molecule has 0 spiro atoms. The number of ether oxygens (including phenoxy) is 3. The quantitative estimate of drug-likeness (QED) is 0.371. The highest BCUT2D eigenvalue weighted by Gasteiger charge is 2.35. The van der Waals surface area contributed by atoms with Gasteiger partial charge in [0.25, 0.3) is 0 Å². The summed E-state index contributed by atoms with van der Waals surface area (Å²) in [6.07, 6.45) is 0. The van der Waals surface area contributed by atoms with Gasteiger partial charge in [0.15, 0.2) is 11.5 Å². The van der Waals surface area contributed by atoms with Crippen LogP contribution in [0.4, 0.5) is 5.95 Å². The van der Waals surface area contributed by atoms with Crippen molar-refractivity contribution in [3.8, 4) is 11.5 Å². The highest BCUT2D eigenvalue weighted by Crippen LogP contribution is 2.39. The Morgan fingerprint density at radius 2 is 1.64 bits per heavy atom. The third-order valence-electron chi connectivity index (χ3n) is 5.89. The van der Waals surface area contributed by atoms with Crippen LogP contribution < -0.4 is 14.8 Å². The van der Waals surface area contributed by atoms with E-state index in [4.69, 9.17) is 14.2 Å². The summed E-state index contributed by atoms with van der Waals surface area (Å²) < 4.78 is 18.9. The van der Waals surface area contributed by atoms with Crippen molar-refractivity contribution in [2.75, 3.05) is 12.4 Å². The number of benzene rings is 3. The van der Waals surface area contributed by atoms with Gasteiger partial charge in [-0.1, -0.05) is 71.8 Å². The molecule has 4 aromatic rings. The number of rotatable bonds is 8. The number of nitrogens with one attached hydrogen (secondary N) is 1. The molecule has 1 aliphatic heterocycles. The molecule has 0 saturated carbocycles. The zero-order valence-electron chi connectivity index (χ0n) is 19.9. The lowest BCUT2D eigenvalue weighted by molar-refractivity contribution is -0.140. The second kappa shape index (κ2) is 10.3. The van der Waals surface area contributed by atoms with Crippen LogP contribution >= 0.6 is 0 Å². The lowest BCUT2D eigenvalue weighted by Crippen LogP contribution is -2.29. The summed E-state index contributed by atoms with van der Waals surface area (Å²) in [6.45, 7) is 2.36. The van der Waals surface area contributed by atoms with Crippen LogP contribution in [0.3, 0.4) is 0 Å². The van der Waals surface area contributed by atoms with Gasteiger partial charge in [-0.25, -0.2) is 4.79 Å². The van der Waals surface area contributed by atoms with Gasteiger partial charge in [-0.3, -0.25) is 0 Å². The van der Waals surface area contributed by atoms with Crippen LogP contribution in [0.25, 0.3) is 0 Å². The van der Waals surface area contributed by atoms with E-state index in [0.717, 1.165) is 16.7 Å². The van der Waals surface area contributed by atoms with Gasteiger partial charge in [-0.2, -0.15) is 4.68 Å². The monoisotopic (exact) mass is 483 g/mol. The van der Waals surface area contributed by atoms with E-state index in [0.29, 0.717) is 35.3 Å². The molecule has 0 amide bonds. The van der Waals surface area contributed by atoms with E-state index in [1.165, 1.54) is 0 Å². The SMILES string of the molecule is COc1cc(C2C(C(=O)OCc3ccccc3)=C(C)Nc3nnnn32)ccc1OCc1ccccc1. The summed E-state index contributed by atoms with van der Waals surface area (Å²) >= 11 is 0. The van der Waals surface area contributed by atoms with E-state index >= 15 is 0 Å². The molecular formula is C27H25N5O4. The fourth-order valence-corrected chi connectivity index (χ4v) is 4.09. The van der Waals surface area contributed by atoms with Crippen molar-refractivity contribution in [3.05, 3.63) is 107 Å². The maximum absolute atomic E-state index is 13.3. The number of fused-ring (bicyclic) bond motifs is 1. The van der Waals surface area contributed by atoms with E-state index in [1.807, 2.05) is 78.9 Å². The average molecular weight is 484 g/mol. The molecule has 3 aromatic carbocycles. The van der Waals surface area contributed by atoms with Crippen LogP contribution in [0.1, 0.15) is 29.7 Å². The van der Waals surface area contributed by atoms with E-state index in [2.05, 4.69) is 20.8 Å². The first-order valence-electron chi connectivity index (χ1n) is 11.5. The van der Waals surface area contributed by atoms with E-state index in [9.17, 15) is 4.79 Å². The average Bonchev–Trinajstić information content (AvgIpc) is 3.39. The number of anilines is 1. The fourth-order valence-electron chi connectivity index (χ4n) is 4.09. The predicted molar refractivity (Wildman–Crippen MR) is 132 cm³/mol. The number of hydrogen-bond donors (Lipinski definition) is 1. The number of carbonyl (C=O) groups excluding carboxylic acids is 1. The smallest absolute Gasteiger partial charge is 0.338 e. The van der Waals surface area contributed by atoms with Crippen LogP contribution in [0.5, 0.6) is 11.5 Å². The zero-order chi connectivity index (χ0) is 24.9. The molecule has 0 fully saturated rings. The van der Waals surface area contributed by atoms with Crippen molar-refractivity contribution in [1.82, 2.24) is 20.2 Å². The summed E-state index contributed by atoms with van der Waals surface area (Å²) in [7, 11) is 1.58. The Morgan fingerprint density at radius 1 is 0.944 bits per heavy atom. The third-order valence-corrected chi connectivity index (χ3v) is 5.89. The molecule has 9 heteroatoms. The summed E-state index contributed by atoms with van der Waals surface area (Å²) in [5, 5.41) is 15.1. The fraction of sp³-hybridized carbons (Fsp3) is 0.185. The van der Waals surface area contributed by atoms with Crippen LogP contribution in [0.15, 0.2) is 90.1 Å². The Hall–Kier alpha value is -4.66. The summed E-state index contributed by atoms with van der Waals surface area (Å²) in [5.41, 5.74) is 3.71. The maximum atomic E-state index is 13.3. The second-order valence-electron chi connectivity index (χ2n) is 8.26. The largest absolute Gasteiger partial charge is 0.493 e. The highest BCUT2D eigenvalue weighted by molar-refractivity contribution is 5.92. The number of carbonyl (C=O) groups is 1. The number of allylic oxidation sites excluding steroid dienone is 1. The van der Waals surface area contributed by atoms with Crippen molar-refractivity contribution < 1.29 is 19.0 Å². The Balaban J connectivity index is 1.44. The molecule has 2 heterocycles. The minimum absolute atomic E-state index is 0.154. The first kappa shape index (κ1) is 23.1. The first-order chi connectivity index (χ1) is 17.6. The number of tetrazole rings is 1. The molecule has 1 aromatic heterocycles. The van der Waals surface area contributed by atoms with Gasteiger partial charge in [0.1, 0.15) is 19.3 Å². The molecule has 1 aliphatic rings. The molecule has 0 bridgehead atoms. The third kappa shape index (κ3) is 4.76. The van der Waals surface area contributed by atoms with Crippen LogP contribution in [-0.4, -0.2) is 33.3 Å². The maximum Gasteiger partial charge on any atom is 0.338 e. The van der Waals surface area contributed by atoms with Crippen molar-refractivity contribution in [2.45, 2.75) is 26.2 Å². The highest BCUT2D eigenvalue weighted by atomic mass is 16.5.